The van der Waals surface area contributed by atoms with Crippen LogP contribution in [0.25, 0.3) is 0 Å². The van der Waals surface area contributed by atoms with Gasteiger partial charge >= 0.3 is 0 Å². The fourth-order valence-electron chi connectivity index (χ4n) is 1.80. The number of aromatic nitrogens is 1. The minimum atomic E-state index is 0.108. The summed E-state index contributed by atoms with van der Waals surface area (Å²) < 4.78 is 0. The van der Waals surface area contributed by atoms with E-state index in [-0.39, 0.29) is 5.84 Å². The zero-order chi connectivity index (χ0) is 13.0. The van der Waals surface area contributed by atoms with Crippen LogP contribution in [0.5, 0.6) is 0 Å². The molecule has 5 nitrogen and oxygen atoms in total. The van der Waals surface area contributed by atoms with Gasteiger partial charge in [0.25, 0.3) is 0 Å². The lowest BCUT2D eigenvalue weighted by atomic mass is 10.2. The van der Waals surface area contributed by atoms with Crippen LogP contribution >= 0.6 is 0 Å². The highest BCUT2D eigenvalue weighted by atomic mass is 16.4. The fourth-order valence-corrected chi connectivity index (χ4v) is 1.80. The first-order valence-corrected chi connectivity index (χ1v) is 5.72. The first-order valence-electron chi connectivity index (χ1n) is 5.72. The van der Waals surface area contributed by atoms with Gasteiger partial charge in [0.2, 0.25) is 0 Å². The van der Waals surface area contributed by atoms with Crippen molar-refractivity contribution in [2.24, 2.45) is 10.9 Å². The van der Waals surface area contributed by atoms with E-state index in [1.54, 1.807) is 6.07 Å². The number of oxime groups is 1. The second-order valence-corrected chi connectivity index (χ2v) is 4.22. The van der Waals surface area contributed by atoms with Crippen LogP contribution in [0.3, 0.4) is 0 Å². The number of hydrogen-bond acceptors (Lipinski definition) is 4. The Labute approximate surface area is 102 Å². The Balaban J connectivity index is 3.21. The average Bonchev–Trinajstić information content (AvgIpc) is 2.27. The summed E-state index contributed by atoms with van der Waals surface area (Å²) in [5, 5.41) is 11.7. The van der Waals surface area contributed by atoms with Crippen LogP contribution in [0.1, 0.15) is 32.0 Å². The molecule has 94 valence electrons. The Kier molecular flexibility index (Phi) is 4.31. The Bertz CT molecular complexity index is 415. The van der Waals surface area contributed by atoms with Gasteiger partial charge in [0.05, 0.1) is 0 Å². The van der Waals surface area contributed by atoms with Gasteiger partial charge in [-0.2, -0.15) is 0 Å². The third-order valence-electron chi connectivity index (χ3n) is 2.60. The second-order valence-electron chi connectivity index (χ2n) is 4.22. The number of anilines is 1. The molecule has 3 N–H and O–H groups in total. The number of aryl methyl sites for hydroxylation is 1. The Hall–Kier alpha value is -1.78. The van der Waals surface area contributed by atoms with Crippen LogP contribution in [-0.2, 0) is 0 Å². The molecule has 0 spiro atoms. The SMILES string of the molecule is CCN(c1cc(/C(N)=N/O)cc(C)n1)C(C)C. The first kappa shape index (κ1) is 13.3. The van der Waals surface area contributed by atoms with Crippen molar-refractivity contribution >= 4 is 11.7 Å². The highest BCUT2D eigenvalue weighted by Gasteiger charge is 2.12. The third kappa shape index (κ3) is 3.09. The van der Waals surface area contributed by atoms with Crippen molar-refractivity contribution in [1.82, 2.24) is 4.98 Å². The van der Waals surface area contributed by atoms with Crippen molar-refractivity contribution < 1.29 is 5.21 Å². The quantitative estimate of drug-likeness (QED) is 0.361. The van der Waals surface area contributed by atoms with Gasteiger partial charge in [-0.25, -0.2) is 4.98 Å². The lowest BCUT2D eigenvalue weighted by Gasteiger charge is -2.27. The van der Waals surface area contributed by atoms with Crippen molar-refractivity contribution in [3.05, 3.63) is 23.4 Å². The molecule has 1 aromatic heterocycles. The predicted octanol–water partition coefficient (Wildman–Crippen LogP) is 1.72. The molecule has 1 rings (SSSR count). The Morgan fingerprint density at radius 2 is 2.18 bits per heavy atom. The number of amidine groups is 1. The van der Waals surface area contributed by atoms with Crippen molar-refractivity contribution in [2.45, 2.75) is 33.7 Å². The van der Waals surface area contributed by atoms with Crippen LogP contribution in [0.4, 0.5) is 5.82 Å². The number of nitrogens with two attached hydrogens (primary N) is 1. The van der Waals surface area contributed by atoms with Crippen LogP contribution < -0.4 is 10.6 Å². The standard InChI is InChI=1S/C12H20N4O/c1-5-16(8(2)3)11-7-10(12(13)15-17)6-9(4)14-11/h6-8,17H,5H2,1-4H3,(H2,13,15). The molecule has 1 heterocycles. The van der Waals surface area contributed by atoms with Crippen LogP contribution in [-0.4, -0.2) is 28.6 Å². The van der Waals surface area contributed by atoms with Crippen molar-refractivity contribution in [3.63, 3.8) is 0 Å². The monoisotopic (exact) mass is 236 g/mol. The average molecular weight is 236 g/mol. The molecule has 0 aliphatic rings. The van der Waals surface area contributed by atoms with E-state index >= 15 is 0 Å². The second kappa shape index (κ2) is 5.52. The van der Waals surface area contributed by atoms with Gasteiger partial charge in [0.1, 0.15) is 5.82 Å². The molecule has 0 aromatic carbocycles. The zero-order valence-electron chi connectivity index (χ0n) is 10.8. The molecule has 1 aromatic rings. The zero-order valence-corrected chi connectivity index (χ0v) is 10.8. The summed E-state index contributed by atoms with van der Waals surface area (Å²) in [6, 6.07) is 3.99. The number of pyridine rings is 1. The minimum Gasteiger partial charge on any atom is -0.409 e. The van der Waals surface area contributed by atoms with E-state index in [1.165, 1.54) is 0 Å². The first-order chi connectivity index (χ1) is 7.99. The minimum absolute atomic E-state index is 0.108. The van der Waals surface area contributed by atoms with E-state index in [0.29, 0.717) is 11.6 Å². The van der Waals surface area contributed by atoms with Gasteiger partial charge in [-0.05, 0) is 39.8 Å². The lowest BCUT2D eigenvalue weighted by Crippen LogP contribution is -2.31. The number of rotatable bonds is 4. The van der Waals surface area contributed by atoms with Gasteiger partial charge in [-0.15, -0.1) is 0 Å². The maximum Gasteiger partial charge on any atom is 0.170 e. The molecule has 0 radical (unpaired) electrons. The molecule has 0 aliphatic heterocycles. The number of hydrogen-bond donors (Lipinski definition) is 2. The normalized spacial score (nSPS) is 11.9. The molecule has 5 heteroatoms. The molecule has 0 amide bonds. The van der Waals surface area contributed by atoms with E-state index in [4.69, 9.17) is 10.9 Å². The predicted molar refractivity (Wildman–Crippen MR) is 69.6 cm³/mol. The van der Waals surface area contributed by atoms with Crippen LogP contribution in [0.2, 0.25) is 0 Å². The molecule has 0 saturated carbocycles. The summed E-state index contributed by atoms with van der Waals surface area (Å²) >= 11 is 0. The van der Waals surface area contributed by atoms with E-state index < -0.39 is 0 Å². The van der Waals surface area contributed by atoms with Crippen LogP contribution in [0.15, 0.2) is 17.3 Å². The highest BCUT2D eigenvalue weighted by Crippen LogP contribution is 2.17. The molecular weight excluding hydrogens is 216 g/mol. The molecule has 0 fully saturated rings. The highest BCUT2D eigenvalue weighted by molar-refractivity contribution is 5.97. The number of nitrogens with zero attached hydrogens (tertiary/aromatic N) is 3. The molecule has 0 unspecified atom stereocenters. The van der Waals surface area contributed by atoms with Gasteiger partial charge in [0, 0.05) is 23.8 Å². The molecule has 17 heavy (non-hydrogen) atoms. The lowest BCUT2D eigenvalue weighted by molar-refractivity contribution is 0.318. The van der Waals surface area contributed by atoms with Crippen molar-refractivity contribution in [1.29, 1.82) is 0 Å². The molecule has 0 atom stereocenters. The maximum atomic E-state index is 8.70. The fraction of sp³-hybridized carbons (Fsp3) is 0.500. The van der Waals surface area contributed by atoms with E-state index in [9.17, 15) is 0 Å². The smallest absolute Gasteiger partial charge is 0.170 e. The topological polar surface area (TPSA) is 74.7 Å². The van der Waals surface area contributed by atoms with E-state index in [1.807, 2.05) is 13.0 Å². The summed E-state index contributed by atoms with van der Waals surface area (Å²) in [4.78, 5) is 6.63. The summed E-state index contributed by atoms with van der Waals surface area (Å²) in [6.45, 7) is 9.05. The van der Waals surface area contributed by atoms with E-state index in [2.05, 4.69) is 35.8 Å². The van der Waals surface area contributed by atoms with Crippen molar-refractivity contribution in [2.75, 3.05) is 11.4 Å². The Morgan fingerprint density at radius 3 is 2.65 bits per heavy atom. The van der Waals surface area contributed by atoms with Gasteiger partial charge in [-0.3, -0.25) is 0 Å². The van der Waals surface area contributed by atoms with Crippen molar-refractivity contribution in [3.8, 4) is 0 Å². The summed E-state index contributed by atoms with van der Waals surface area (Å²) in [5.41, 5.74) is 7.14. The van der Waals surface area contributed by atoms with Gasteiger partial charge < -0.3 is 15.8 Å². The largest absolute Gasteiger partial charge is 0.409 e. The van der Waals surface area contributed by atoms with Crippen LogP contribution in [0, 0.1) is 6.92 Å². The van der Waals surface area contributed by atoms with Gasteiger partial charge in [-0.1, -0.05) is 5.16 Å². The molecule has 0 aliphatic carbocycles. The molecular formula is C12H20N4O. The van der Waals surface area contributed by atoms with Gasteiger partial charge in [0.15, 0.2) is 5.84 Å². The Morgan fingerprint density at radius 1 is 1.53 bits per heavy atom. The summed E-state index contributed by atoms with van der Waals surface area (Å²) in [7, 11) is 0. The summed E-state index contributed by atoms with van der Waals surface area (Å²) in [5.74, 6) is 0.959. The van der Waals surface area contributed by atoms with E-state index in [0.717, 1.165) is 18.1 Å². The maximum absolute atomic E-state index is 8.70. The molecule has 0 bridgehead atoms. The molecule has 0 saturated heterocycles. The third-order valence-corrected chi connectivity index (χ3v) is 2.60. The summed E-state index contributed by atoms with van der Waals surface area (Å²) in [6.07, 6.45) is 0.